The number of hydrogen-bond acceptors (Lipinski definition) is 4. The van der Waals surface area contributed by atoms with E-state index >= 15 is 0 Å². The van der Waals surface area contributed by atoms with Gasteiger partial charge in [-0.3, -0.25) is 0 Å². The molecule has 1 amide bonds. The molecule has 0 N–H and O–H groups in total. The van der Waals surface area contributed by atoms with E-state index in [4.69, 9.17) is 4.74 Å². The van der Waals surface area contributed by atoms with Gasteiger partial charge in [0.15, 0.2) is 0 Å². The molecule has 0 aliphatic carbocycles. The zero-order valence-electron chi connectivity index (χ0n) is 13.4. The van der Waals surface area contributed by atoms with Crippen molar-refractivity contribution in [1.82, 2.24) is 4.90 Å². The fourth-order valence-electron chi connectivity index (χ4n) is 2.24. The van der Waals surface area contributed by atoms with Crippen LogP contribution < -0.4 is 4.46 Å². The second-order valence-electron chi connectivity index (χ2n) is 6.26. The Hall–Kier alpha value is -1.17. The van der Waals surface area contributed by atoms with Gasteiger partial charge in [0.2, 0.25) is 0 Å². The topological polar surface area (TPSA) is 63.7 Å². The minimum absolute atomic E-state index is 0.0490. The van der Waals surface area contributed by atoms with Crippen molar-refractivity contribution in [3.05, 3.63) is 39.4 Å². The van der Waals surface area contributed by atoms with E-state index in [2.05, 4.69) is 15.9 Å². The van der Waals surface area contributed by atoms with Crippen LogP contribution in [0.1, 0.15) is 33.6 Å². The van der Waals surface area contributed by atoms with Crippen LogP contribution in [-0.4, -0.2) is 35.8 Å². The standard InChI is InChI=1S/C16H20BrNO4Se/c1-16(2,3)22-15(19)18-11-7-10-13(17)14(18)23(20,21)12-8-5-4-6-9-12/h4-6,8-9H,7,10-11H2,1-3H3. The third kappa shape index (κ3) is 4.22. The van der Waals surface area contributed by atoms with Crippen LogP contribution >= 0.6 is 15.9 Å². The van der Waals surface area contributed by atoms with Crippen molar-refractivity contribution in [2.24, 2.45) is 0 Å². The van der Waals surface area contributed by atoms with Gasteiger partial charge in [0.25, 0.3) is 0 Å². The fourth-order valence-corrected chi connectivity index (χ4v) is 7.17. The summed E-state index contributed by atoms with van der Waals surface area (Å²) in [6.45, 7) is 5.59. The summed E-state index contributed by atoms with van der Waals surface area (Å²) in [6.07, 6.45) is 0.643. The number of nitrogens with zero attached hydrogens (tertiary/aromatic N) is 1. The molecule has 1 aromatic rings. The predicted molar refractivity (Wildman–Crippen MR) is 91.3 cm³/mol. The van der Waals surface area contributed by atoms with E-state index in [9.17, 15) is 12.5 Å². The maximum absolute atomic E-state index is 13.0. The first-order valence-corrected chi connectivity index (χ1v) is 11.2. The Morgan fingerprint density at radius 3 is 2.39 bits per heavy atom. The molecule has 0 fully saturated rings. The van der Waals surface area contributed by atoms with Gasteiger partial charge in [-0.2, -0.15) is 0 Å². The summed E-state index contributed by atoms with van der Waals surface area (Å²) in [4.78, 5) is 13.7. The molecule has 0 unspecified atom stereocenters. The molecular formula is C16H20BrNO4Se. The van der Waals surface area contributed by atoms with Gasteiger partial charge in [0.05, 0.1) is 0 Å². The van der Waals surface area contributed by atoms with Crippen molar-refractivity contribution in [2.45, 2.75) is 39.2 Å². The molecule has 5 nitrogen and oxygen atoms in total. The van der Waals surface area contributed by atoms with Crippen LogP contribution in [0.2, 0.25) is 0 Å². The van der Waals surface area contributed by atoms with Gasteiger partial charge in [-0.1, -0.05) is 0 Å². The van der Waals surface area contributed by atoms with Gasteiger partial charge in [-0.15, -0.1) is 0 Å². The predicted octanol–water partition coefficient (Wildman–Crippen LogP) is 3.37. The summed E-state index contributed by atoms with van der Waals surface area (Å²) in [5, 5.41) is 0. The van der Waals surface area contributed by atoms with Crippen LogP contribution in [0.5, 0.6) is 0 Å². The van der Waals surface area contributed by atoms with E-state index < -0.39 is 24.4 Å². The number of halogens is 1. The molecule has 1 aliphatic heterocycles. The Bertz CT molecular complexity index is 720. The van der Waals surface area contributed by atoms with Crippen molar-refractivity contribution >= 4 is 39.2 Å². The van der Waals surface area contributed by atoms with Gasteiger partial charge in [-0.05, 0) is 0 Å². The number of carbonyl (C=O) groups excluding carboxylic acids is 1. The number of ether oxygens (including phenoxy) is 1. The molecule has 2 rings (SSSR count). The molecule has 0 atom stereocenters. The van der Waals surface area contributed by atoms with E-state index in [1.807, 2.05) is 0 Å². The van der Waals surface area contributed by atoms with E-state index in [0.717, 1.165) is 0 Å². The number of hydrogen-bond donors (Lipinski definition) is 0. The van der Waals surface area contributed by atoms with E-state index in [1.165, 1.54) is 4.90 Å². The Kier molecular flexibility index (Phi) is 5.33. The molecule has 0 saturated carbocycles. The molecule has 126 valence electrons. The Morgan fingerprint density at radius 2 is 1.83 bits per heavy atom. The quantitative estimate of drug-likeness (QED) is 0.650. The van der Waals surface area contributed by atoms with Crippen molar-refractivity contribution in [3.63, 3.8) is 0 Å². The van der Waals surface area contributed by atoms with Crippen molar-refractivity contribution in [2.75, 3.05) is 6.54 Å². The molecule has 0 saturated heterocycles. The summed E-state index contributed by atoms with van der Waals surface area (Å²) in [7, 11) is 0. The molecule has 1 aromatic carbocycles. The third-order valence-corrected chi connectivity index (χ3v) is 8.46. The second-order valence-corrected chi connectivity index (χ2v) is 11.1. The number of rotatable bonds is 2. The molecule has 1 heterocycles. The molecule has 0 spiro atoms. The zero-order valence-corrected chi connectivity index (χ0v) is 16.7. The third-order valence-electron chi connectivity index (χ3n) is 3.18. The first-order valence-electron chi connectivity index (χ1n) is 7.32. The monoisotopic (exact) mass is 449 g/mol. The van der Waals surface area contributed by atoms with Crippen LogP contribution in [-0.2, 0) is 12.4 Å². The SMILES string of the molecule is CC(C)(C)OC(=O)N1CCCC(Br)=C1[Se](=O)(=O)c1ccccc1. The second kappa shape index (κ2) is 6.75. The van der Waals surface area contributed by atoms with Gasteiger partial charge in [0, 0.05) is 0 Å². The van der Waals surface area contributed by atoms with Crippen LogP contribution in [0, 0.1) is 0 Å². The van der Waals surface area contributed by atoms with Crippen molar-refractivity contribution in [1.29, 1.82) is 0 Å². The van der Waals surface area contributed by atoms with Crippen LogP contribution in [0.25, 0.3) is 0 Å². The average Bonchev–Trinajstić information content (AvgIpc) is 2.46. The molecular weight excluding hydrogens is 429 g/mol. The van der Waals surface area contributed by atoms with Gasteiger partial charge in [0.1, 0.15) is 0 Å². The number of carbonyl (C=O) groups is 1. The summed E-state index contributed by atoms with van der Waals surface area (Å²) >= 11 is -1.35. The molecule has 7 heteroatoms. The van der Waals surface area contributed by atoms with Gasteiger partial charge >= 0.3 is 146 Å². The maximum atomic E-state index is 13.0. The molecule has 0 radical (unpaired) electrons. The zero-order chi connectivity index (χ0) is 17.3. The summed E-state index contributed by atoms with van der Waals surface area (Å²) < 4.78 is 32.2. The number of amides is 1. The number of allylic oxidation sites excluding steroid dienone is 1. The molecule has 0 bridgehead atoms. The molecule has 0 aromatic heterocycles. The van der Waals surface area contributed by atoms with Crippen molar-refractivity contribution in [3.8, 4) is 0 Å². The summed E-state index contributed by atoms with van der Waals surface area (Å²) in [5.74, 6) is 0. The van der Waals surface area contributed by atoms with Crippen molar-refractivity contribution < 1.29 is 17.2 Å². The van der Waals surface area contributed by atoms with E-state index in [1.54, 1.807) is 51.1 Å². The Labute approximate surface area is 146 Å². The van der Waals surface area contributed by atoms with Gasteiger partial charge < -0.3 is 0 Å². The van der Waals surface area contributed by atoms with Crippen LogP contribution in [0.15, 0.2) is 39.4 Å². The average molecular weight is 449 g/mol. The van der Waals surface area contributed by atoms with Gasteiger partial charge in [-0.25, -0.2) is 0 Å². The molecule has 1 aliphatic rings. The number of benzene rings is 1. The molecule has 23 heavy (non-hydrogen) atoms. The van der Waals surface area contributed by atoms with E-state index in [0.29, 0.717) is 23.9 Å². The Morgan fingerprint density at radius 1 is 1.22 bits per heavy atom. The first kappa shape index (κ1) is 18.2. The summed E-state index contributed by atoms with van der Waals surface area (Å²) in [6, 6.07) is 8.20. The van der Waals surface area contributed by atoms with E-state index in [-0.39, 0.29) is 9.06 Å². The minimum atomic E-state index is -4.70. The normalized spacial score (nSPS) is 16.4. The Balaban J connectivity index is 2.46. The fraction of sp³-hybridized carbons (Fsp3) is 0.438. The van der Waals surface area contributed by atoms with Crippen LogP contribution in [0.3, 0.4) is 0 Å². The first-order chi connectivity index (χ1) is 10.6. The van der Waals surface area contributed by atoms with Crippen LogP contribution in [0.4, 0.5) is 4.79 Å². The summed E-state index contributed by atoms with van der Waals surface area (Å²) in [5.41, 5.74) is -0.684.